The molecule has 0 aromatic carbocycles. The minimum Gasteiger partial charge on any atom is -0.269 e. The number of hydrogen-bond acceptors (Lipinski definition) is 2. The van der Waals surface area contributed by atoms with E-state index in [1.807, 2.05) is 13.0 Å². The summed E-state index contributed by atoms with van der Waals surface area (Å²) in [5.41, 5.74) is 1.86. The van der Waals surface area contributed by atoms with Crippen molar-refractivity contribution in [3.05, 3.63) is 43.9 Å². The Hall–Kier alpha value is -1.23. The first-order chi connectivity index (χ1) is 9.34. The Labute approximate surface area is 124 Å². The lowest BCUT2D eigenvalue weighted by atomic mass is 9.41. The van der Waals surface area contributed by atoms with Gasteiger partial charge in [-0.15, -0.1) is 0 Å². The van der Waals surface area contributed by atoms with Gasteiger partial charge in [-0.25, -0.2) is 9.37 Å². The Bertz CT molecular complexity index is 807. The highest BCUT2D eigenvalue weighted by molar-refractivity contribution is 9.10. The van der Waals surface area contributed by atoms with Crippen LogP contribution < -0.4 is 5.56 Å². The molecule has 0 N–H and O–H groups in total. The van der Waals surface area contributed by atoms with Gasteiger partial charge in [-0.05, 0) is 60.7 Å². The molecule has 0 radical (unpaired) electrons. The minimum atomic E-state index is -0.982. The van der Waals surface area contributed by atoms with Crippen LogP contribution in [0.1, 0.15) is 36.1 Å². The third-order valence-electron chi connectivity index (χ3n) is 4.71. The summed E-state index contributed by atoms with van der Waals surface area (Å²) in [6.45, 7) is 3.74. The van der Waals surface area contributed by atoms with Crippen molar-refractivity contribution >= 4 is 21.6 Å². The number of fused-ring (bicyclic) bond motifs is 1. The average molecular weight is 337 g/mol. The van der Waals surface area contributed by atoms with E-state index in [-0.39, 0.29) is 11.0 Å². The van der Waals surface area contributed by atoms with Crippen LogP contribution in [0.25, 0.3) is 5.65 Å². The molecule has 0 amide bonds. The van der Waals surface area contributed by atoms with E-state index in [0.29, 0.717) is 30.5 Å². The van der Waals surface area contributed by atoms with Crippen molar-refractivity contribution < 1.29 is 4.39 Å². The zero-order chi connectivity index (χ0) is 14.3. The van der Waals surface area contributed by atoms with E-state index in [9.17, 15) is 9.18 Å². The Balaban J connectivity index is 2.00. The second kappa shape index (κ2) is 3.50. The third kappa shape index (κ3) is 1.39. The molecule has 5 heteroatoms. The molecule has 3 fully saturated rings. The van der Waals surface area contributed by atoms with E-state index in [0.717, 1.165) is 15.7 Å². The van der Waals surface area contributed by atoms with Crippen molar-refractivity contribution in [2.45, 2.75) is 44.2 Å². The molecular formula is C15H14BrFN2O. The van der Waals surface area contributed by atoms with Gasteiger partial charge in [0.25, 0.3) is 5.56 Å². The molecule has 3 saturated carbocycles. The highest BCUT2D eigenvalue weighted by atomic mass is 79.9. The van der Waals surface area contributed by atoms with Crippen LogP contribution in [-0.2, 0) is 5.41 Å². The molecule has 0 atom stereocenters. The first-order valence-electron chi connectivity index (χ1n) is 6.72. The van der Waals surface area contributed by atoms with Gasteiger partial charge in [0.2, 0.25) is 0 Å². The summed E-state index contributed by atoms with van der Waals surface area (Å²) < 4.78 is 16.1. The fourth-order valence-corrected chi connectivity index (χ4v) is 4.49. The SMILES string of the molecule is Cc1cc(Br)c2nc(C34CC(F)(C3)C4)c(C)c(=O)n2c1. The number of rotatable bonds is 1. The maximum atomic E-state index is 13.8. The second-order valence-electron chi connectivity index (χ2n) is 6.41. The Morgan fingerprint density at radius 2 is 2.00 bits per heavy atom. The Morgan fingerprint density at radius 1 is 1.35 bits per heavy atom. The molecule has 2 aromatic heterocycles. The number of hydrogen-bond donors (Lipinski definition) is 0. The van der Waals surface area contributed by atoms with Gasteiger partial charge in [0, 0.05) is 17.2 Å². The van der Waals surface area contributed by atoms with E-state index in [2.05, 4.69) is 20.9 Å². The van der Waals surface area contributed by atoms with Gasteiger partial charge in [0.1, 0.15) is 5.67 Å². The van der Waals surface area contributed by atoms with Gasteiger partial charge in [0.15, 0.2) is 5.65 Å². The summed E-state index contributed by atoms with van der Waals surface area (Å²) in [6.07, 6.45) is 3.36. The van der Waals surface area contributed by atoms with Gasteiger partial charge in [0.05, 0.1) is 10.2 Å². The molecule has 0 saturated heterocycles. The Morgan fingerprint density at radius 3 is 2.60 bits per heavy atom. The number of pyridine rings is 1. The highest BCUT2D eigenvalue weighted by Gasteiger charge is 2.70. The van der Waals surface area contributed by atoms with Gasteiger partial charge in [-0.3, -0.25) is 9.20 Å². The summed E-state index contributed by atoms with van der Waals surface area (Å²) in [7, 11) is 0. The lowest BCUT2D eigenvalue weighted by Crippen LogP contribution is -2.67. The van der Waals surface area contributed by atoms with Crippen LogP contribution in [0.15, 0.2) is 21.5 Å². The van der Waals surface area contributed by atoms with Crippen molar-refractivity contribution in [2.24, 2.45) is 0 Å². The minimum absolute atomic E-state index is 0.0490. The summed E-state index contributed by atoms with van der Waals surface area (Å²) in [4.78, 5) is 17.2. The lowest BCUT2D eigenvalue weighted by Gasteiger charge is -2.65. The molecule has 104 valence electrons. The van der Waals surface area contributed by atoms with E-state index >= 15 is 0 Å². The summed E-state index contributed by atoms with van der Waals surface area (Å²) >= 11 is 3.47. The summed E-state index contributed by atoms with van der Waals surface area (Å²) in [6, 6.07) is 1.94. The monoisotopic (exact) mass is 336 g/mol. The first kappa shape index (κ1) is 12.5. The molecular weight excluding hydrogens is 323 g/mol. The zero-order valence-corrected chi connectivity index (χ0v) is 12.9. The smallest absolute Gasteiger partial charge is 0.261 e. The molecule has 3 aliphatic carbocycles. The van der Waals surface area contributed by atoms with E-state index < -0.39 is 5.67 Å². The number of halogens is 2. The quantitative estimate of drug-likeness (QED) is 0.801. The summed E-state index contributed by atoms with van der Waals surface area (Å²) in [5.74, 6) is 0. The van der Waals surface area contributed by atoms with Crippen LogP contribution in [0.3, 0.4) is 0 Å². The van der Waals surface area contributed by atoms with E-state index in [1.165, 1.54) is 0 Å². The molecule has 2 bridgehead atoms. The maximum absolute atomic E-state index is 13.8. The van der Waals surface area contributed by atoms with Gasteiger partial charge in [-0.1, -0.05) is 0 Å². The lowest BCUT2D eigenvalue weighted by molar-refractivity contribution is -0.160. The Kier molecular flexibility index (Phi) is 2.19. The van der Waals surface area contributed by atoms with Crippen LogP contribution in [-0.4, -0.2) is 15.1 Å². The molecule has 0 spiro atoms. The van der Waals surface area contributed by atoms with Crippen LogP contribution in [0.4, 0.5) is 4.39 Å². The van der Waals surface area contributed by atoms with Crippen molar-refractivity contribution in [1.29, 1.82) is 0 Å². The highest BCUT2D eigenvalue weighted by Crippen LogP contribution is 2.69. The fraction of sp³-hybridized carbons (Fsp3) is 0.467. The first-order valence-corrected chi connectivity index (χ1v) is 7.52. The van der Waals surface area contributed by atoms with E-state index in [4.69, 9.17) is 0 Å². The zero-order valence-electron chi connectivity index (χ0n) is 11.3. The number of aromatic nitrogens is 2. The predicted octanol–water partition coefficient (Wildman–Crippen LogP) is 3.22. The topological polar surface area (TPSA) is 34.4 Å². The third-order valence-corrected chi connectivity index (χ3v) is 5.29. The fourth-order valence-electron chi connectivity index (χ4n) is 3.85. The van der Waals surface area contributed by atoms with Crippen molar-refractivity contribution in [2.75, 3.05) is 0 Å². The molecule has 5 rings (SSSR count). The van der Waals surface area contributed by atoms with Crippen molar-refractivity contribution in [3.8, 4) is 0 Å². The molecule has 0 aliphatic heterocycles. The molecule has 2 aromatic rings. The number of aryl methyl sites for hydroxylation is 1. The number of alkyl halides is 1. The maximum Gasteiger partial charge on any atom is 0.261 e. The van der Waals surface area contributed by atoms with E-state index in [1.54, 1.807) is 17.5 Å². The van der Waals surface area contributed by atoms with Crippen molar-refractivity contribution in [1.82, 2.24) is 9.38 Å². The standard InChI is InChI=1S/C15H14BrFN2O/c1-8-3-10(16)12-18-11(9(2)13(20)19(12)4-8)14-5-15(17,6-14)7-14/h3-4H,5-7H2,1-2H3. The molecule has 3 nitrogen and oxygen atoms in total. The predicted molar refractivity (Wildman–Crippen MR) is 78.0 cm³/mol. The van der Waals surface area contributed by atoms with Crippen molar-refractivity contribution in [3.63, 3.8) is 0 Å². The molecule has 20 heavy (non-hydrogen) atoms. The molecule has 3 aliphatic rings. The molecule has 0 unspecified atom stereocenters. The average Bonchev–Trinajstić information content (AvgIpc) is 2.30. The van der Waals surface area contributed by atoms with Crippen LogP contribution in [0.2, 0.25) is 0 Å². The number of nitrogens with zero attached hydrogens (tertiary/aromatic N) is 2. The van der Waals surface area contributed by atoms with Gasteiger partial charge in [-0.2, -0.15) is 0 Å². The van der Waals surface area contributed by atoms with Crippen LogP contribution in [0, 0.1) is 13.8 Å². The molecule has 2 heterocycles. The largest absolute Gasteiger partial charge is 0.269 e. The van der Waals surface area contributed by atoms with Crippen LogP contribution in [0.5, 0.6) is 0 Å². The summed E-state index contributed by atoms with van der Waals surface area (Å²) in [5, 5.41) is 0. The van der Waals surface area contributed by atoms with Crippen LogP contribution >= 0.6 is 15.9 Å². The second-order valence-corrected chi connectivity index (χ2v) is 7.27. The normalized spacial score (nSPS) is 31.0. The van der Waals surface area contributed by atoms with Gasteiger partial charge < -0.3 is 0 Å². The van der Waals surface area contributed by atoms with Gasteiger partial charge >= 0.3 is 0 Å².